The van der Waals surface area contributed by atoms with Crippen molar-refractivity contribution in [1.29, 1.82) is 0 Å². The molecule has 2 rings (SSSR count). The van der Waals surface area contributed by atoms with Crippen LogP contribution in [0.25, 0.3) is 0 Å². The third-order valence-corrected chi connectivity index (χ3v) is 3.53. The summed E-state index contributed by atoms with van der Waals surface area (Å²) in [7, 11) is 5.63. The van der Waals surface area contributed by atoms with Gasteiger partial charge in [-0.3, -0.25) is 4.79 Å². The van der Waals surface area contributed by atoms with Crippen molar-refractivity contribution in [2.24, 2.45) is 0 Å². The van der Waals surface area contributed by atoms with E-state index in [0.29, 0.717) is 12.1 Å². The monoisotopic (exact) mass is 275 g/mol. The Kier molecular flexibility index (Phi) is 4.16. The van der Waals surface area contributed by atoms with Gasteiger partial charge in [0, 0.05) is 39.4 Å². The fourth-order valence-corrected chi connectivity index (χ4v) is 2.40. The maximum atomic E-state index is 12.3. The molecule has 0 fully saturated rings. The van der Waals surface area contributed by atoms with Gasteiger partial charge >= 0.3 is 0 Å². The van der Waals surface area contributed by atoms with E-state index in [2.05, 4.69) is 10.4 Å². The smallest absolute Gasteiger partial charge is 0.254 e. The Morgan fingerprint density at radius 3 is 2.74 bits per heavy atom. The van der Waals surface area contributed by atoms with Crippen LogP contribution in [-0.2, 0) is 6.54 Å². The molecular formula is C14H17N3OS. The van der Waals surface area contributed by atoms with Crippen LogP contribution in [0.3, 0.4) is 0 Å². The number of hydrogen-bond donors (Lipinski definition) is 0. The molecule has 1 amide bonds. The van der Waals surface area contributed by atoms with Gasteiger partial charge < -0.3 is 9.80 Å². The predicted octanol–water partition coefficient (Wildman–Crippen LogP) is 2.48. The van der Waals surface area contributed by atoms with Gasteiger partial charge in [0.2, 0.25) is 0 Å². The van der Waals surface area contributed by atoms with Gasteiger partial charge in [0.25, 0.3) is 5.91 Å². The quantitative estimate of drug-likeness (QED) is 0.860. The number of carbonyl (C=O) groups excluding carboxylic acids is 1. The summed E-state index contributed by atoms with van der Waals surface area (Å²) in [5, 5.41) is 4.08. The topological polar surface area (TPSA) is 36.4 Å². The van der Waals surface area contributed by atoms with Crippen molar-refractivity contribution < 1.29 is 4.79 Å². The number of pyridine rings is 1. The van der Waals surface area contributed by atoms with Crippen molar-refractivity contribution in [3.8, 4) is 0 Å². The largest absolute Gasteiger partial charge is 0.363 e. The van der Waals surface area contributed by atoms with Gasteiger partial charge in [-0.15, -0.1) is 0 Å². The molecule has 4 nitrogen and oxygen atoms in total. The number of hydrogen-bond acceptors (Lipinski definition) is 4. The van der Waals surface area contributed by atoms with Crippen molar-refractivity contribution in [2.75, 3.05) is 26.0 Å². The Hall–Kier alpha value is -1.88. The van der Waals surface area contributed by atoms with Gasteiger partial charge in [-0.05, 0) is 34.5 Å². The lowest BCUT2D eigenvalue weighted by atomic mass is 10.2. The van der Waals surface area contributed by atoms with Crippen molar-refractivity contribution in [1.82, 2.24) is 9.88 Å². The van der Waals surface area contributed by atoms with Crippen molar-refractivity contribution in [3.05, 3.63) is 46.3 Å². The zero-order chi connectivity index (χ0) is 13.8. The molecule has 100 valence electrons. The molecule has 5 heteroatoms. The Bertz CT molecular complexity index is 552. The minimum atomic E-state index is 0.0108. The molecule has 0 saturated heterocycles. The first-order valence-corrected chi connectivity index (χ1v) is 6.92. The first kappa shape index (κ1) is 13.5. The second-order valence-corrected chi connectivity index (χ2v) is 5.37. The van der Waals surface area contributed by atoms with Crippen LogP contribution in [0, 0.1) is 0 Å². The summed E-state index contributed by atoms with van der Waals surface area (Å²) >= 11 is 1.64. The van der Waals surface area contributed by atoms with Gasteiger partial charge in [-0.1, -0.05) is 0 Å². The first-order chi connectivity index (χ1) is 9.08. The molecule has 0 unspecified atom stereocenters. The zero-order valence-corrected chi connectivity index (χ0v) is 12.1. The van der Waals surface area contributed by atoms with E-state index in [1.165, 1.54) is 0 Å². The minimum Gasteiger partial charge on any atom is -0.363 e. The van der Waals surface area contributed by atoms with Gasteiger partial charge in [-0.2, -0.15) is 11.3 Å². The molecule has 2 aromatic heterocycles. The number of anilines is 1. The van der Waals surface area contributed by atoms with E-state index in [0.717, 1.165) is 11.4 Å². The van der Waals surface area contributed by atoms with Gasteiger partial charge in [0.1, 0.15) is 5.82 Å². The first-order valence-electron chi connectivity index (χ1n) is 5.98. The lowest BCUT2D eigenvalue weighted by Gasteiger charge is -2.18. The summed E-state index contributed by atoms with van der Waals surface area (Å²) in [6, 6.07) is 5.60. The molecule has 0 spiro atoms. The fraction of sp³-hybridized carbons (Fsp3) is 0.286. The van der Waals surface area contributed by atoms with E-state index in [1.54, 1.807) is 28.5 Å². The average Bonchev–Trinajstić information content (AvgIpc) is 2.90. The van der Waals surface area contributed by atoms with Crippen LogP contribution in [0.2, 0.25) is 0 Å². The van der Waals surface area contributed by atoms with E-state index < -0.39 is 0 Å². The molecule has 0 saturated carbocycles. The minimum absolute atomic E-state index is 0.0108. The van der Waals surface area contributed by atoms with Gasteiger partial charge in [0.05, 0.1) is 0 Å². The van der Waals surface area contributed by atoms with E-state index in [1.807, 2.05) is 43.6 Å². The van der Waals surface area contributed by atoms with Crippen LogP contribution >= 0.6 is 11.3 Å². The number of nitrogens with zero attached hydrogens (tertiary/aromatic N) is 3. The van der Waals surface area contributed by atoms with Crippen molar-refractivity contribution >= 4 is 23.1 Å². The van der Waals surface area contributed by atoms with Crippen LogP contribution < -0.4 is 4.90 Å². The average molecular weight is 275 g/mol. The normalized spacial score (nSPS) is 10.3. The Morgan fingerprint density at radius 2 is 2.11 bits per heavy atom. The fourth-order valence-electron chi connectivity index (χ4n) is 1.74. The van der Waals surface area contributed by atoms with Gasteiger partial charge in [0.15, 0.2) is 0 Å². The molecule has 0 aromatic carbocycles. The van der Waals surface area contributed by atoms with Crippen molar-refractivity contribution in [3.63, 3.8) is 0 Å². The van der Waals surface area contributed by atoms with Crippen LogP contribution in [0.5, 0.6) is 0 Å². The number of aromatic nitrogens is 1. The molecule has 2 heterocycles. The summed E-state index contributed by atoms with van der Waals surface area (Å²) < 4.78 is 0. The molecule has 0 radical (unpaired) electrons. The molecule has 0 atom stereocenters. The van der Waals surface area contributed by atoms with Crippen molar-refractivity contribution in [2.45, 2.75) is 6.54 Å². The Labute approximate surface area is 117 Å². The maximum Gasteiger partial charge on any atom is 0.254 e. The predicted molar refractivity (Wildman–Crippen MR) is 78.7 cm³/mol. The van der Waals surface area contributed by atoms with Crippen LogP contribution in [-0.4, -0.2) is 36.9 Å². The molecule has 0 aliphatic rings. The van der Waals surface area contributed by atoms with E-state index in [-0.39, 0.29) is 5.91 Å². The maximum absolute atomic E-state index is 12.3. The standard InChI is InChI=1S/C14H17N3OS/c1-16(2)13-8-12(4-6-15-13)14(18)17(3)9-11-5-7-19-10-11/h4-8,10H,9H2,1-3H3. The third kappa shape index (κ3) is 3.32. The summed E-state index contributed by atoms with van der Waals surface area (Å²) in [6.07, 6.45) is 1.67. The van der Waals surface area contributed by atoms with E-state index in [4.69, 9.17) is 0 Å². The lowest BCUT2D eigenvalue weighted by Crippen LogP contribution is -2.26. The lowest BCUT2D eigenvalue weighted by molar-refractivity contribution is 0.0785. The highest BCUT2D eigenvalue weighted by atomic mass is 32.1. The highest BCUT2D eigenvalue weighted by molar-refractivity contribution is 7.07. The number of thiophene rings is 1. The van der Waals surface area contributed by atoms with Crippen LogP contribution in [0.4, 0.5) is 5.82 Å². The SMILES string of the molecule is CN(Cc1ccsc1)C(=O)c1ccnc(N(C)C)c1. The molecule has 0 aliphatic carbocycles. The third-order valence-electron chi connectivity index (χ3n) is 2.80. The number of carbonyl (C=O) groups is 1. The summed E-state index contributed by atoms with van der Waals surface area (Å²) in [5.74, 6) is 0.798. The van der Waals surface area contributed by atoms with E-state index in [9.17, 15) is 4.79 Å². The van der Waals surface area contributed by atoms with Crippen LogP contribution in [0.1, 0.15) is 15.9 Å². The molecule has 0 N–H and O–H groups in total. The number of amides is 1. The summed E-state index contributed by atoms with van der Waals surface area (Å²) in [4.78, 5) is 20.1. The van der Waals surface area contributed by atoms with Gasteiger partial charge in [-0.25, -0.2) is 4.98 Å². The highest BCUT2D eigenvalue weighted by Gasteiger charge is 2.13. The molecule has 0 aliphatic heterocycles. The molecular weight excluding hydrogens is 258 g/mol. The molecule has 2 aromatic rings. The second-order valence-electron chi connectivity index (χ2n) is 4.59. The Morgan fingerprint density at radius 1 is 1.32 bits per heavy atom. The van der Waals surface area contributed by atoms with E-state index >= 15 is 0 Å². The summed E-state index contributed by atoms with van der Waals surface area (Å²) in [5.41, 5.74) is 1.82. The highest BCUT2D eigenvalue weighted by Crippen LogP contribution is 2.14. The molecule has 19 heavy (non-hydrogen) atoms. The molecule has 0 bridgehead atoms. The zero-order valence-electron chi connectivity index (χ0n) is 11.3. The summed E-state index contributed by atoms with van der Waals surface area (Å²) in [6.45, 7) is 0.627. The van der Waals surface area contributed by atoms with Crippen LogP contribution in [0.15, 0.2) is 35.2 Å². The second kappa shape index (κ2) is 5.84. The number of rotatable bonds is 4. The Balaban J connectivity index is 2.12.